The average Bonchev–Trinajstić information content (AvgIpc) is 2.84. The zero-order chi connectivity index (χ0) is 23.5. The molecule has 34 heavy (non-hydrogen) atoms. The third-order valence-electron chi connectivity index (χ3n) is 6.20. The van der Waals surface area contributed by atoms with E-state index in [1.807, 2.05) is 36.4 Å². The summed E-state index contributed by atoms with van der Waals surface area (Å²) in [5.41, 5.74) is 3.29. The summed E-state index contributed by atoms with van der Waals surface area (Å²) in [5.74, 6) is 1.06. The first-order valence-electron chi connectivity index (χ1n) is 11.5. The summed E-state index contributed by atoms with van der Waals surface area (Å²) in [7, 11) is -3.50. The van der Waals surface area contributed by atoms with Crippen LogP contribution in [0.3, 0.4) is 0 Å². The number of fused-ring (bicyclic) bond motifs is 1. The average molecular weight is 483 g/mol. The number of nitrogens with zero attached hydrogens (tertiary/aromatic N) is 4. The highest BCUT2D eigenvalue weighted by Crippen LogP contribution is 2.30. The van der Waals surface area contributed by atoms with Crippen molar-refractivity contribution in [2.24, 2.45) is 0 Å². The van der Waals surface area contributed by atoms with Crippen molar-refractivity contribution in [3.05, 3.63) is 88.6 Å². The Morgan fingerprint density at radius 2 is 1.71 bits per heavy atom. The van der Waals surface area contributed by atoms with Gasteiger partial charge in [0.15, 0.2) is 0 Å². The predicted octanol–water partition coefficient (Wildman–Crippen LogP) is 2.93. The second kappa shape index (κ2) is 9.77. The van der Waals surface area contributed by atoms with Crippen molar-refractivity contribution in [3.63, 3.8) is 0 Å². The van der Waals surface area contributed by atoms with Crippen molar-refractivity contribution < 1.29 is 17.5 Å². The van der Waals surface area contributed by atoms with Gasteiger partial charge in [-0.15, -0.1) is 0 Å². The van der Waals surface area contributed by atoms with Gasteiger partial charge in [-0.05, 0) is 23.3 Å². The summed E-state index contributed by atoms with van der Waals surface area (Å²) in [6, 6.07) is 15.7. The molecule has 1 saturated heterocycles. The molecule has 5 rings (SSSR count). The summed E-state index contributed by atoms with van der Waals surface area (Å²) in [6.07, 6.45) is 0.928. The van der Waals surface area contributed by atoms with Gasteiger partial charge in [0.25, 0.3) is 0 Å². The topological polar surface area (TPSA) is 75.6 Å². The first kappa shape index (κ1) is 22.9. The molecule has 3 heterocycles. The Morgan fingerprint density at radius 3 is 2.47 bits per heavy atom. The number of benzene rings is 2. The van der Waals surface area contributed by atoms with Crippen LogP contribution in [0.2, 0.25) is 0 Å². The lowest BCUT2D eigenvalue weighted by molar-refractivity contribution is 0.122. The van der Waals surface area contributed by atoms with Crippen LogP contribution >= 0.6 is 0 Å². The van der Waals surface area contributed by atoms with Crippen LogP contribution in [0.4, 0.5) is 10.2 Å². The van der Waals surface area contributed by atoms with Crippen molar-refractivity contribution in [1.82, 2.24) is 14.3 Å². The van der Waals surface area contributed by atoms with E-state index in [-0.39, 0.29) is 18.1 Å². The van der Waals surface area contributed by atoms with Crippen LogP contribution in [0, 0.1) is 5.82 Å². The van der Waals surface area contributed by atoms with Gasteiger partial charge in [0.2, 0.25) is 10.0 Å². The SMILES string of the molecule is O=S(=O)(Cc1ccccc1)N1CCc2nc(Cc3cccc(F)c3)nc(N3CCOCC3)c2C1. The standard InChI is InChI=1S/C25H27FN4O3S/c26-21-8-4-7-20(15-21)16-24-27-23-9-10-30(34(31,32)18-19-5-2-1-3-6-19)17-22(23)25(28-24)29-11-13-33-14-12-29/h1-8,15H,9-14,16-18H2. The molecule has 0 aliphatic carbocycles. The zero-order valence-electron chi connectivity index (χ0n) is 18.9. The van der Waals surface area contributed by atoms with E-state index in [0.29, 0.717) is 51.5 Å². The first-order valence-corrected chi connectivity index (χ1v) is 13.1. The highest BCUT2D eigenvalue weighted by molar-refractivity contribution is 7.88. The summed E-state index contributed by atoms with van der Waals surface area (Å²) in [4.78, 5) is 11.8. The molecule has 0 unspecified atom stereocenters. The van der Waals surface area contributed by atoms with E-state index in [4.69, 9.17) is 14.7 Å². The number of aromatic nitrogens is 2. The quantitative estimate of drug-likeness (QED) is 0.538. The molecule has 0 spiro atoms. The number of halogens is 1. The second-order valence-corrected chi connectivity index (χ2v) is 10.6. The van der Waals surface area contributed by atoms with Crippen molar-refractivity contribution >= 4 is 15.8 Å². The molecule has 0 saturated carbocycles. The first-order chi connectivity index (χ1) is 16.5. The Labute approximate surface area is 199 Å². The number of sulfonamides is 1. The Kier molecular flexibility index (Phi) is 6.58. The summed E-state index contributed by atoms with van der Waals surface area (Å²) < 4.78 is 47.2. The van der Waals surface area contributed by atoms with Gasteiger partial charge in [-0.1, -0.05) is 42.5 Å². The van der Waals surface area contributed by atoms with Crippen molar-refractivity contribution in [3.8, 4) is 0 Å². The molecule has 9 heteroatoms. The molecule has 0 amide bonds. The van der Waals surface area contributed by atoms with E-state index in [1.165, 1.54) is 12.1 Å². The van der Waals surface area contributed by atoms with Gasteiger partial charge in [-0.3, -0.25) is 0 Å². The molecule has 0 N–H and O–H groups in total. The normalized spacial score (nSPS) is 16.9. The van der Waals surface area contributed by atoms with Crippen LogP contribution in [-0.2, 0) is 39.9 Å². The highest BCUT2D eigenvalue weighted by Gasteiger charge is 2.31. The lowest BCUT2D eigenvalue weighted by Crippen LogP contribution is -2.41. The number of rotatable bonds is 6. The van der Waals surface area contributed by atoms with Gasteiger partial charge in [0.05, 0.1) is 24.7 Å². The van der Waals surface area contributed by atoms with Crippen molar-refractivity contribution in [2.45, 2.75) is 25.1 Å². The maximum absolute atomic E-state index is 13.7. The minimum atomic E-state index is -3.50. The van der Waals surface area contributed by atoms with E-state index in [1.54, 1.807) is 10.4 Å². The Balaban J connectivity index is 1.46. The zero-order valence-corrected chi connectivity index (χ0v) is 19.7. The lowest BCUT2D eigenvalue weighted by Gasteiger charge is -2.34. The summed E-state index contributed by atoms with van der Waals surface area (Å²) >= 11 is 0. The van der Waals surface area contributed by atoms with Gasteiger partial charge < -0.3 is 9.64 Å². The van der Waals surface area contributed by atoms with Gasteiger partial charge in [0, 0.05) is 44.6 Å². The van der Waals surface area contributed by atoms with E-state index in [2.05, 4.69) is 4.90 Å². The molecule has 1 aromatic heterocycles. The summed E-state index contributed by atoms with van der Waals surface area (Å²) in [5, 5.41) is 0. The second-order valence-electron chi connectivity index (χ2n) is 8.62. The fraction of sp³-hybridized carbons (Fsp3) is 0.360. The van der Waals surface area contributed by atoms with Crippen molar-refractivity contribution in [2.75, 3.05) is 37.7 Å². The van der Waals surface area contributed by atoms with Crippen molar-refractivity contribution in [1.29, 1.82) is 0 Å². The highest BCUT2D eigenvalue weighted by atomic mass is 32.2. The third kappa shape index (κ3) is 5.11. The maximum Gasteiger partial charge on any atom is 0.218 e. The molecule has 0 atom stereocenters. The number of hydrogen-bond acceptors (Lipinski definition) is 6. The van der Waals surface area contributed by atoms with Crippen LogP contribution in [0.25, 0.3) is 0 Å². The molecule has 178 valence electrons. The molecular weight excluding hydrogens is 455 g/mol. The molecule has 1 fully saturated rings. The minimum Gasteiger partial charge on any atom is -0.378 e. The third-order valence-corrected chi connectivity index (χ3v) is 7.99. The molecule has 2 aliphatic rings. The van der Waals surface area contributed by atoms with Gasteiger partial charge in [-0.25, -0.2) is 22.8 Å². The largest absolute Gasteiger partial charge is 0.378 e. The smallest absolute Gasteiger partial charge is 0.218 e. The van der Waals surface area contributed by atoms with Crippen LogP contribution < -0.4 is 4.90 Å². The van der Waals surface area contributed by atoms with Gasteiger partial charge in [0.1, 0.15) is 17.5 Å². The number of hydrogen-bond donors (Lipinski definition) is 0. The fourth-order valence-electron chi connectivity index (χ4n) is 4.48. The molecule has 3 aromatic rings. The van der Waals surface area contributed by atoms with E-state index in [0.717, 1.165) is 28.2 Å². The van der Waals surface area contributed by atoms with Gasteiger partial charge in [-0.2, -0.15) is 4.31 Å². The van der Waals surface area contributed by atoms with E-state index in [9.17, 15) is 12.8 Å². The van der Waals surface area contributed by atoms with Crippen LogP contribution in [0.5, 0.6) is 0 Å². The van der Waals surface area contributed by atoms with Gasteiger partial charge >= 0.3 is 0 Å². The predicted molar refractivity (Wildman–Crippen MR) is 127 cm³/mol. The van der Waals surface area contributed by atoms with E-state index < -0.39 is 10.0 Å². The Bertz CT molecular complexity index is 1260. The maximum atomic E-state index is 13.7. The Morgan fingerprint density at radius 1 is 0.941 bits per heavy atom. The number of anilines is 1. The van der Waals surface area contributed by atoms with Crippen LogP contribution in [0.1, 0.15) is 28.2 Å². The number of morpholine rings is 1. The molecular formula is C25H27FN4O3S. The van der Waals surface area contributed by atoms with Crippen LogP contribution in [-0.4, -0.2) is 55.5 Å². The Hall–Kier alpha value is -2.88. The monoisotopic (exact) mass is 482 g/mol. The minimum absolute atomic E-state index is 0.0332. The van der Waals surface area contributed by atoms with Crippen LogP contribution in [0.15, 0.2) is 54.6 Å². The summed E-state index contributed by atoms with van der Waals surface area (Å²) in [6.45, 7) is 3.17. The molecule has 0 bridgehead atoms. The molecule has 2 aliphatic heterocycles. The lowest BCUT2D eigenvalue weighted by atomic mass is 10.1. The fourth-order valence-corrected chi connectivity index (χ4v) is 5.97. The van der Waals surface area contributed by atoms with E-state index >= 15 is 0 Å². The molecule has 2 aromatic carbocycles. The molecule has 0 radical (unpaired) electrons. The molecule has 7 nitrogen and oxygen atoms in total. The number of ether oxygens (including phenoxy) is 1.